The normalized spacial score (nSPS) is 11.5. The topological polar surface area (TPSA) is 91.9 Å². The molecule has 3 rings (SSSR count). The zero-order valence-corrected chi connectivity index (χ0v) is 13.2. The number of hydrogen-bond donors (Lipinski definition) is 2. The van der Waals surface area contributed by atoms with Crippen LogP contribution < -0.4 is 5.32 Å². The molecule has 0 aliphatic rings. The van der Waals surface area contributed by atoms with E-state index in [-0.39, 0.29) is 17.3 Å². The van der Waals surface area contributed by atoms with Gasteiger partial charge >= 0.3 is 0 Å². The van der Waals surface area contributed by atoms with Crippen molar-refractivity contribution in [1.82, 2.24) is 15.3 Å². The van der Waals surface area contributed by atoms with E-state index in [4.69, 9.17) is 0 Å². The molecule has 2 N–H and O–H groups in total. The molecule has 0 fully saturated rings. The first-order valence-electron chi connectivity index (χ1n) is 6.95. The molecule has 0 atom stereocenters. The zero-order valence-electron chi connectivity index (χ0n) is 12.4. The van der Waals surface area contributed by atoms with Crippen molar-refractivity contribution in [3.8, 4) is 0 Å². The number of sulfone groups is 1. The Labute approximate surface area is 133 Å². The molecule has 1 heterocycles. The Bertz CT molecular complexity index is 944. The van der Waals surface area contributed by atoms with Crippen LogP contribution in [0.2, 0.25) is 0 Å². The molecule has 0 saturated carbocycles. The van der Waals surface area contributed by atoms with Crippen molar-refractivity contribution in [1.29, 1.82) is 0 Å². The van der Waals surface area contributed by atoms with Gasteiger partial charge in [0.2, 0.25) is 0 Å². The number of amides is 1. The van der Waals surface area contributed by atoms with Gasteiger partial charge in [0.15, 0.2) is 9.84 Å². The van der Waals surface area contributed by atoms with Crippen molar-refractivity contribution in [2.45, 2.75) is 11.4 Å². The van der Waals surface area contributed by atoms with Crippen molar-refractivity contribution in [3.63, 3.8) is 0 Å². The standard InChI is InChI=1S/C16H15N3O3S/c1-23(21,22)12-6-4-5-11(9-12)16(20)17-10-15-18-13-7-2-3-8-14(13)19-15/h2-9H,10H2,1H3,(H,17,20)(H,18,19). The lowest BCUT2D eigenvalue weighted by atomic mass is 10.2. The summed E-state index contributed by atoms with van der Waals surface area (Å²) in [7, 11) is -3.34. The lowest BCUT2D eigenvalue weighted by molar-refractivity contribution is 0.0950. The minimum atomic E-state index is -3.34. The summed E-state index contributed by atoms with van der Waals surface area (Å²) in [6.07, 6.45) is 1.11. The summed E-state index contributed by atoms with van der Waals surface area (Å²) in [6.45, 7) is 0.233. The first-order valence-corrected chi connectivity index (χ1v) is 8.84. The lowest BCUT2D eigenvalue weighted by Gasteiger charge is -2.05. The van der Waals surface area contributed by atoms with Gasteiger partial charge in [-0.25, -0.2) is 13.4 Å². The van der Waals surface area contributed by atoms with E-state index >= 15 is 0 Å². The molecule has 7 heteroatoms. The Hall–Kier alpha value is -2.67. The Balaban J connectivity index is 1.74. The van der Waals surface area contributed by atoms with Gasteiger partial charge in [0.25, 0.3) is 5.91 Å². The van der Waals surface area contributed by atoms with Gasteiger partial charge in [0.1, 0.15) is 5.82 Å². The van der Waals surface area contributed by atoms with Crippen molar-refractivity contribution >= 4 is 26.8 Å². The highest BCUT2D eigenvalue weighted by molar-refractivity contribution is 7.90. The molecular formula is C16H15N3O3S. The van der Waals surface area contributed by atoms with Gasteiger partial charge in [-0.15, -0.1) is 0 Å². The smallest absolute Gasteiger partial charge is 0.251 e. The second-order valence-corrected chi connectivity index (χ2v) is 7.20. The number of aromatic nitrogens is 2. The second kappa shape index (κ2) is 5.85. The van der Waals surface area contributed by atoms with Gasteiger partial charge in [-0.1, -0.05) is 18.2 Å². The largest absolute Gasteiger partial charge is 0.345 e. The highest BCUT2D eigenvalue weighted by Gasteiger charge is 2.12. The van der Waals surface area contributed by atoms with Crippen LogP contribution in [-0.2, 0) is 16.4 Å². The number of para-hydroxylation sites is 2. The van der Waals surface area contributed by atoms with Crippen LogP contribution in [0.25, 0.3) is 11.0 Å². The molecule has 1 aromatic heterocycles. The average molecular weight is 329 g/mol. The molecule has 0 radical (unpaired) electrons. The predicted octanol–water partition coefficient (Wildman–Crippen LogP) is 1.90. The molecule has 118 valence electrons. The Morgan fingerprint density at radius 3 is 2.70 bits per heavy atom. The number of benzene rings is 2. The molecular weight excluding hydrogens is 314 g/mol. The summed E-state index contributed by atoms with van der Waals surface area (Å²) in [4.78, 5) is 19.8. The van der Waals surface area contributed by atoms with Crippen molar-refractivity contribution in [2.75, 3.05) is 6.26 Å². The highest BCUT2D eigenvalue weighted by Crippen LogP contribution is 2.12. The maximum atomic E-state index is 12.2. The lowest BCUT2D eigenvalue weighted by Crippen LogP contribution is -2.23. The molecule has 0 aliphatic carbocycles. The van der Waals surface area contributed by atoms with E-state index in [2.05, 4.69) is 15.3 Å². The van der Waals surface area contributed by atoms with Gasteiger partial charge in [-0.3, -0.25) is 4.79 Å². The number of nitrogens with zero attached hydrogens (tertiary/aromatic N) is 1. The number of carbonyl (C=O) groups is 1. The third-order valence-electron chi connectivity index (χ3n) is 3.38. The average Bonchev–Trinajstić information content (AvgIpc) is 2.95. The molecule has 0 spiro atoms. The highest BCUT2D eigenvalue weighted by atomic mass is 32.2. The third kappa shape index (κ3) is 3.40. The number of imidazole rings is 1. The molecule has 3 aromatic rings. The number of nitrogens with one attached hydrogen (secondary N) is 2. The summed E-state index contributed by atoms with van der Waals surface area (Å²) in [6, 6.07) is 13.5. The number of carbonyl (C=O) groups excluding carboxylic acids is 1. The van der Waals surface area contributed by atoms with Crippen LogP contribution in [0.3, 0.4) is 0 Å². The number of H-pyrrole nitrogens is 1. The Morgan fingerprint density at radius 1 is 1.17 bits per heavy atom. The predicted molar refractivity (Wildman–Crippen MR) is 86.8 cm³/mol. The van der Waals surface area contributed by atoms with Gasteiger partial charge < -0.3 is 10.3 Å². The van der Waals surface area contributed by atoms with Crippen molar-refractivity contribution in [3.05, 3.63) is 59.9 Å². The fourth-order valence-corrected chi connectivity index (χ4v) is 2.89. The van der Waals surface area contributed by atoms with Crippen LogP contribution >= 0.6 is 0 Å². The van der Waals surface area contributed by atoms with Crippen LogP contribution in [0.4, 0.5) is 0 Å². The van der Waals surface area contributed by atoms with Crippen LogP contribution in [0.1, 0.15) is 16.2 Å². The summed E-state index contributed by atoms with van der Waals surface area (Å²) in [5.74, 6) is 0.287. The maximum absolute atomic E-state index is 12.2. The summed E-state index contributed by atoms with van der Waals surface area (Å²) in [5, 5.41) is 2.73. The zero-order chi connectivity index (χ0) is 16.4. The summed E-state index contributed by atoms with van der Waals surface area (Å²) in [5.41, 5.74) is 2.02. The van der Waals surface area contributed by atoms with E-state index in [1.165, 1.54) is 12.1 Å². The Morgan fingerprint density at radius 2 is 1.96 bits per heavy atom. The van der Waals surface area contributed by atoms with Crippen molar-refractivity contribution < 1.29 is 13.2 Å². The van der Waals surface area contributed by atoms with Crippen molar-refractivity contribution in [2.24, 2.45) is 0 Å². The molecule has 0 unspecified atom stereocenters. The van der Waals surface area contributed by atoms with E-state index in [0.29, 0.717) is 11.4 Å². The first kappa shape index (κ1) is 15.2. The minimum absolute atomic E-state index is 0.119. The number of fused-ring (bicyclic) bond motifs is 1. The third-order valence-corrected chi connectivity index (χ3v) is 4.49. The van der Waals surface area contributed by atoms with Crippen LogP contribution in [0.15, 0.2) is 53.4 Å². The second-order valence-electron chi connectivity index (χ2n) is 5.18. The van der Waals surface area contributed by atoms with Gasteiger partial charge in [0, 0.05) is 11.8 Å². The number of rotatable bonds is 4. The molecule has 23 heavy (non-hydrogen) atoms. The van der Waals surface area contributed by atoms with E-state index < -0.39 is 9.84 Å². The van der Waals surface area contributed by atoms with E-state index in [0.717, 1.165) is 17.3 Å². The Kier molecular flexibility index (Phi) is 3.87. The van der Waals surface area contributed by atoms with E-state index in [1.807, 2.05) is 24.3 Å². The number of aromatic amines is 1. The fraction of sp³-hybridized carbons (Fsp3) is 0.125. The maximum Gasteiger partial charge on any atom is 0.251 e. The molecule has 6 nitrogen and oxygen atoms in total. The van der Waals surface area contributed by atoms with Crippen LogP contribution in [-0.4, -0.2) is 30.5 Å². The fourth-order valence-electron chi connectivity index (χ4n) is 2.22. The van der Waals surface area contributed by atoms with E-state index in [1.54, 1.807) is 12.1 Å². The van der Waals surface area contributed by atoms with E-state index in [9.17, 15) is 13.2 Å². The molecule has 2 aromatic carbocycles. The van der Waals surface area contributed by atoms with Gasteiger partial charge in [-0.05, 0) is 30.3 Å². The SMILES string of the molecule is CS(=O)(=O)c1cccc(C(=O)NCc2nc3ccccc3[nH]2)c1. The van der Waals surface area contributed by atoms with Crippen LogP contribution in [0, 0.1) is 0 Å². The minimum Gasteiger partial charge on any atom is -0.345 e. The molecule has 0 saturated heterocycles. The summed E-state index contributed by atoms with van der Waals surface area (Å²) >= 11 is 0. The number of hydrogen-bond acceptors (Lipinski definition) is 4. The summed E-state index contributed by atoms with van der Waals surface area (Å²) < 4.78 is 23.1. The van der Waals surface area contributed by atoms with Crippen LogP contribution in [0.5, 0.6) is 0 Å². The van der Waals surface area contributed by atoms with Gasteiger partial charge in [-0.2, -0.15) is 0 Å². The van der Waals surface area contributed by atoms with Gasteiger partial charge in [0.05, 0.1) is 22.5 Å². The monoisotopic (exact) mass is 329 g/mol. The first-order chi connectivity index (χ1) is 10.9. The quantitative estimate of drug-likeness (QED) is 0.764. The molecule has 0 bridgehead atoms. The molecule has 1 amide bonds. The molecule has 0 aliphatic heterocycles.